The summed E-state index contributed by atoms with van der Waals surface area (Å²) < 4.78 is 43.0. The molecule has 7 nitrogen and oxygen atoms in total. The van der Waals surface area contributed by atoms with Gasteiger partial charge in [0.25, 0.3) is 10.0 Å². The predicted octanol–water partition coefficient (Wildman–Crippen LogP) is 3.08. The van der Waals surface area contributed by atoms with Gasteiger partial charge < -0.3 is 14.2 Å². The Labute approximate surface area is 159 Å². The summed E-state index contributed by atoms with van der Waals surface area (Å²) in [6, 6.07) is 12.1. The number of rotatable bonds is 9. The molecule has 0 aliphatic heterocycles. The Morgan fingerprint density at radius 3 is 2.41 bits per heavy atom. The van der Waals surface area contributed by atoms with E-state index in [4.69, 9.17) is 14.2 Å². The van der Waals surface area contributed by atoms with Crippen molar-refractivity contribution >= 4 is 21.7 Å². The summed E-state index contributed by atoms with van der Waals surface area (Å²) in [6.07, 6.45) is 0.0428. The van der Waals surface area contributed by atoms with Crippen LogP contribution in [0.25, 0.3) is 0 Å². The number of carbonyl (C=O) groups excluding carboxylic acids is 1. The van der Waals surface area contributed by atoms with E-state index in [1.54, 1.807) is 24.3 Å². The van der Waals surface area contributed by atoms with E-state index >= 15 is 0 Å². The third-order valence-electron chi connectivity index (χ3n) is 3.49. The molecule has 0 aromatic heterocycles. The fraction of sp³-hybridized carbons (Fsp3) is 0.316. The summed E-state index contributed by atoms with van der Waals surface area (Å²) in [5, 5.41) is 0. The van der Waals surface area contributed by atoms with Crippen LogP contribution in [0.1, 0.15) is 24.2 Å². The number of benzene rings is 2. The quantitative estimate of drug-likeness (QED) is 0.520. The SMILES string of the molecule is COc1ccc(NS(=O)(=O)c2cccc(C(=O)OCCOC(C)C)c2)cc1. The molecule has 0 saturated heterocycles. The normalized spacial score (nSPS) is 11.3. The highest BCUT2D eigenvalue weighted by Gasteiger charge is 2.17. The lowest BCUT2D eigenvalue weighted by Crippen LogP contribution is -2.15. The zero-order valence-corrected chi connectivity index (χ0v) is 16.3. The fourth-order valence-corrected chi connectivity index (χ4v) is 3.27. The van der Waals surface area contributed by atoms with Crippen molar-refractivity contribution < 1.29 is 27.4 Å². The van der Waals surface area contributed by atoms with Gasteiger partial charge in [0.15, 0.2) is 0 Å². The average molecular weight is 393 g/mol. The number of methoxy groups -OCH3 is 1. The molecule has 146 valence electrons. The van der Waals surface area contributed by atoms with Crippen LogP contribution in [-0.4, -0.2) is 40.8 Å². The smallest absolute Gasteiger partial charge is 0.338 e. The number of esters is 1. The van der Waals surface area contributed by atoms with Crippen molar-refractivity contribution in [3.05, 3.63) is 54.1 Å². The standard InChI is InChI=1S/C19H23NO6S/c1-14(2)25-11-12-26-19(21)15-5-4-6-18(13-15)27(22,23)20-16-7-9-17(24-3)10-8-16/h4-10,13-14,20H,11-12H2,1-3H3. The summed E-state index contributed by atoms with van der Waals surface area (Å²) in [5.74, 6) is 0.00740. The molecule has 0 fully saturated rings. The lowest BCUT2D eigenvalue weighted by atomic mass is 10.2. The first-order valence-corrected chi connectivity index (χ1v) is 9.86. The second-order valence-electron chi connectivity index (χ2n) is 5.92. The minimum Gasteiger partial charge on any atom is -0.497 e. The summed E-state index contributed by atoms with van der Waals surface area (Å²) in [5.41, 5.74) is 0.534. The molecule has 2 rings (SSSR count). The molecule has 1 N–H and O–H groups in total. The molecule has 8 heteroatoms. The molecular formula is C19H23NO6S. The molecule has 0 spiro atoms. The van der Waals surface area contributed by atoms with Gasteiger partial charge in [0, 0.05) is 5.69 Å². The van der Waals surface area contributed by atoms with E-state index in [-0.39, 0.29) is 29.8 Å². The van der Waals surface area contributed by atoms with Crippen molar-refractivity contribution in [2.45, 2.75) is 24.8 Å². The average Bonchev–Trinajstić information content (AvgIpc) is 2.65. The number of anilines is 1. The minimum absolute atomic E-state index is 0.0359. The number of hydrogen-bond acceptors (Lipinski definition) is 6. The fourth-order valence-electron chi connectivity index (χ4n) is 2.16. The van der Waals surface area contributed by atoms with Gasteiger partial charge in [0.2, 0.25) is 0 Å². The van der Waals surface area contributed by atoms with Gasteiger partial charge in [0.1, 0.15) is 12.4 Å². The molecule has 27 heavy (non-hydrogen) atoms. The molecular weight excluding hydrogens is 370 g/mol. The Bertz CT molecular complexity index is 862. The largest absolute Gasteiger partial charge is 0.497 e. The lowest BCUT2D eigenvalue weighted by molar-refractivity contribution is 0.0177. The Balaban J connectivity index is 2.06. The van der Waals surface area contributed by atoms with Crippen LogP contribution in [0.3, 0.4) is 0 Å². The molecule has 0 bridgehead atoms. The van der Waals surface area contributed by atoms with Crippen LogP contribution in [0, 0.1) is 0 Å². The number of ether oxygens (including phenoxy) is 3. The van der Waals surface area contributed by atoms with Crippen molar-refractivity contribution in [3.8, 4) is 5.75 Å². The molecule has 0 atom stereocenters. The monoisotopic (exact) mass is 393 g/mol. The highest BCUT2D eigenvalue weighted by Crippen LogP contribution is 2.20. The van der Waals surface area contributed by atoms with Gasteiger partial charge in [-0.05, 0) is 56.3 Å². The highest BCUT2D eigenvalue weighted by atomic mass is 32.2. The maximum atomic E-state index is 12.6. The summed E-state index contributed by atoms with van der Waals surface area (Å²) in [7, 11) is -2.32. The topological polar surface area (TPSA) is 90.9 Å². The van der Waals surface area contributed by atoms with E-state index in [1.807, 2.05) is 13.8 Å². The molecule has 0 radical (unpaired) electrons. The molecule has 0 unspecified atom stereocenters. The van der Waals surface area contributed by atoms with Crippen molar-refractivity contribution in [1.29, 1.82) is 0 Å². The second kappa shape index (κ2) is 9.38. The van der Waals surface area contributed by atoms with Crippen molar-refractivity contribution in [3.63, 3.8) is 0 Å². The zero-order valence-electron chi connectivity index (χ0n) is 15.5. The minimum atomic E-state index is -3.85. The third-order valence-corrected chi connectivity index (χ3v) is 4.87. The first-order valence-electron chi connectivity index (χ1n) is 8.37. The first kappa shape index (κ1) is 20.7. The molecule has 0 aliphatic carbocycles. The van der Waals surface area contributed by atoms with Gasteiger partial charge in [-0.2, -0.15) is 0 Å². The number of carbonyl (C=O) groups is 1. The molecule has 0 saturated carbocycles. The van der Waals surface area contributed by atoms with Crippen LogP contribution < -0.4 is 9.46 Å². The number of nitrogens with one attached hydrogen (secondary N) is 1. The summed E-state index contributed by atoms with van der Waals surface area (Å²) in [6.45, 7) is 4.14. The Morgan fingerprint density at radius 2 is 1.78 bits per heavy atom. The maximum absolute atomic E-state index is 12.6. The summed E-state index contributed by atoms with van der Waals surface area (Å²) >= 11 is 0. The molecule has 2 aromatic rings. The van der Waals surface area contributed by atoms with Gasteiger partial charge in [-0.25, -0.2) is 13.2 Å². The van der Waals surface area contributed by atoms with E-state index in [1.165, 1.54) is 31.4 Å². The summed E-state index contributed by atoms with van der Waals surface area (Å²) in [4.78, 5) is 12.1. The van der Waals surface area contributed by atoms with Gasteiger partial charge in [0.05, 0.1) is 30.3 Å². The van der Waals surface area contributed by atoms with Crippen LogP contribution in [0.2, 0.25) is 0 Å². The van der Waals surface area contributed by atoms with Gasteiger partial charge in [-0.15, -0.1) is 0 Å². The van der Waals surface area contributed by atoms with E-state index in [9.17, 15) is 13.2 Å². The van der Waals surface area contributed by atoms with Gasteiger partial charge in [-0.3, -0.25) is 4.72 Å². The van der Waals surface area contributed by atoms with Crippen LogP contribution in [0.4, 0.5) is 5.69 Å². The predicted molar refractivity (Wildman–Crippen MR) is 102 cm³/mol. The number of hydrogen-bond donors (Lipinski definition) is 1. The maximum Gasteiger partial charge on any atom is 0.338 e. The first-order chi connectivity index (χ1) is 12.8. The van der Waals surface area contributed by atoms with Crippen molar-refractivity contribution in [2.24, 2.45) is 0 Å². The third kappa shape index (κ3) is 6.26. The van der Waals surface area contributed by atoms with E-state index in [2.05, 4.69) is 4.72 Å². The molecule has 2 aromatic carbocycles. The van der Waals surface area contributed by atoms with E-state index in [0.29, 0.717) is 11.4 Å². The second-order valence-corrected chi connectivity index (χ2v) is 7.60. The van der Waals surface area contributed by atoms with Crippen LogP contribution >= 0.6 is 0 Å². The Morgan fingerprint density at radius 1 is 1.07 bits per heavy atom. The zero-order chi connectivity index (χ0) is 19.9. The highest BCUT2D eigenvalue weighted by molar-refractivity contribution is 7.92. The van der Waals surface area contributed by atoms with Crippen LogP contribution in [-0.2, 0) is 19.5 Å². The van der Waals surface area contributed by atoms with Gasteiger partial charge in [-0.1, -0.05) is 6.07 Å². The van der Waals surface area contributed by atoms with Crippen LogP contribution in [0.15, 0.2) is 53.4 Å². The molecule has 0 heterocycles. The Hall–Kier alpha value is -2.58. The molecule has 0 aliphatic rings. The Kier molecular flexibility index (Phi) is 7.20. The molecule has 0 amide bonds. The van der Waals surface area contributed by atoms with E-state index < -0.39 is 16.0 Å². The number of sulfonamides is 1. The van der Waals surface area contributed by atoms with Crippen molar-refractivity contribution in [1.82, 2.24) is 0 Å². The van der Waals surface area contributed by atoms with Crippen LogP contribution in [0.5, 0.6) is 5.75 Å². The van der Waals surface area contributed by atoms with E-state index in [0.717, 1.165) is 0 Å². The van der Waals surface area contributed by atoms with Gasteiger partial charge >= 0.3 is 5.97 Å². The lowest BCUT2D eigenvalue weighted by Gasteiger charge is -2.11. The van der Waals surface area contributed by atoms with Crippen molar-refractivity contribution in [2.75, 3.05) is 25.0 Å².